The Bertz CT molecular complexity index is 466. The average Bonchev–Trinajstić information content (AvgIpc) is 2.87. The molecule has 90 valence electrons. The van der Waals surface area contributed by atoms with E-state index in [2.05, 4.69) is 0 Å². The number of carboxylic acids is 1. The summed E-state index contributed by atoms with van der Waals surface area (Å²) in [6.45, 7) is 0.481. The lowest BCUT2D eigenvalue weighted by atomic mass is 9.57. The highest BCUT2D eigenvalue weighted by atomic mass is 16.5. The molecule has 0 unspecified atom stereocenters. The molecule has 3 fully saturated rings. The van der Waals surface area contributed by atoms with Gasteiger partial charge in [0.1, 0.15) is 5.75 Å². The van der Waals surface area contributed by atoms with Crippen LogP contribution >= 0.6 is 0 Å². The second-order valence-electron chi connectivity index (χ2n) is 4.73. The fraction of sp³-hybridized carbons (Fsp3) is 0.462. The third-order valence-electron chi connectivity index (χ3n) is 4.00. The van der Waals surface area contributed by atoms with Gasteiger partial charge < -0.3 is 14.6 Å². The first kappa shape index (κ1) is 10.6. The van der Waals surface area contributed by atoms with Gasteiger partial charge in [-0.2, -0.15) is 0 Å². The lowest BCUT2D eigenvalue weighted by Crippen LogP contribution is -2.52. The molecule has 0 spiro atoms. The second kappa shape index (κ2) is 3.47. The van der Waals surface area contributed by atoms with E-state index >= 15 is 0 Å². The number of hydrogen-bond donors (Lipinski definition) is 1. The Hall–Kier alpha value is -1.55. The monoisotopic (exact) mass is 234 g/mol. The second-order valence-corrected chi connectivity index (χ2v) is 4.73. The summed E-state index contributed by atoms with van der Waals surface area (Å²) in [5.41, 5.74) is 0.576. The minimum Gasteiger partial charge on any atom is -0.496 e. The number of rotatable bonds is 3. The smallest absolute Gasteiger partial charge is 0.310 e. The Labute approximate surface area is 99.2 Å². The van der Waals surface area contributed by atoms with E-state index in [4.69, 9.17) is 9.47 Å². The standard InChI is InChI=1S/C13H14O4/c1-16-9-5-3-2-4-8(9)13-6-10(17-7-13)11(13)12(14)15/h2-5,10-11H,6-7H2,1H3,(H,14,15)/t10-,11+,13-/m0/s1. The highest BCUT2D eigenvalue weighted by molar-refractivity contribution is 5.76. The van der Waals surface area contributed by atoms with Gasteiger partial charge in [0.15, 0.2) is 0 Å². The number of benzene rings is 1. The first-order valence-corrected chi connectivity index (χ1v) is 5.67. The van der Waals surface area contributed by atoms with Crippen LogP contribution in [-0.2, 0) is 14.9 Å². The predicted molar refractivity (Wildman–Crippen MR) is 60.2 cm³/mol. The molecule has 1 N–H and O–H groups in total. The summed E-state index contributed by atoms with van der Waals surface area (Å²) in [5, 5.41) is 9.28. The molecule has 1 saturated carbocycles. The molecule has 2 bridgehead atoms. The zero-order valence-electron chi connectivity index (χ0n) is 9.55. The molecule has 0 radical (unpaired) electrons. The van der Waals surface area contributed by atoms with Crippen LogP contribution in [0.3, 0.4) is 0 Å². The number of carboxylic acid groups (broad SMARTS) is 1. The van der Waals surface area contributed by atoms with Crippen LogP contribution in [0.1, 0.15) is 12.0 Å². The quantitative estimate of drug-likeness (QED) is 0.859. The van der Waals surface area contributed by atoms with Gasteiger partial charge in [-0.3, -0.25) is 4.79 Å². The van der Waals surface area contributed by atoms with Crippen molar-refractivity contribution in [2.24, 2.45) is 5.92 Å². The summed E-state index contributed by atoms with van der Waals surface area (Å²) in [6.07, 6.45) is 0.655. The fourth-order valence-electron chi connectivity index (χ4n) is 3.17. The van der Waals surface area contributed by atoms with E-state index in [0.717, 1.165) is 17.7 Å². The van der Waals surface area contributed by atoms with Gasteiger partial charge in [0, 0.05) is 11.0 Å². The lowest BCUT2D eigenvalue weighted by Gasteiger charge is -2.42. The molecule has 4 rings (SSSR count). The van der Waals surface area contributed by atoms with Crippen LogP contribution in [0.15, 0.2) is 24.3 Å². The molecule has 17 heavy (non-hydrogen) atoms. The average molecular weight is 234 g/mol. The number of hydrogen-bond acceptors (Lipinski definition) is 3. The Kier molecular flexibility index (Phi) is 2.16. The molecule has 0 aromatic heterocycles. The summed E-state index contributed by atoms with van der Waals surface area (Å²) in [5.74, 6) is -0.453. The largest absolute Gasteiger partial charge is 0.496 e. The summed E-state index contributed by atoms with van der Waals surface area (Å²) >= 11 is 0. The number of aliphatic carboxylic acids is 1. The summed E-state index contributed by atoms with van der Waals surface area (Å²) in [4.78, 5) is 11.3. The van der Waals surface area contributed by atoms with E-state index < -0.39 is 11.9 Å². The van der Waals surface area contributed by atoms with E-state index in [-0.39, 0.29) is 11.5 Å². The van der Waals surface area contributed by atoms with Crippen LogP contribution in [0.25, 0.3) is 0 Å². The molecule has 2 saturated heterocycles. The number of methoxy groups -OCH3 is 1. The van der Waals surface area contributed by atoms with Crippen molar-refractivity contribution in [3.05, 3.63) is 29.8 Å². The van der Waals surface area contributed by atoms with Gasteiger partial charge in [0.25, 0.3) is 0 Å². The van der Waals surface area contributed by atoms with Gasteiger partial charge in [-0.15, -0.1) is 0 Å². The lowest BCUT2D eigenvalue weighted by molar-refractivity contribution is -0.150. The van der Waals surface area contributed by atoms with Crippen molar-refractivity contribution < 1.29 is 19.4 Å². The van der Waals surface area contributed by atoms with Crippen molar-refractivity contribution in [1.82, 2.24) is 0 Å². The molecule has 2 aliphatic heterocycles. The van der Waals surface area contributed by atoms with Crippen LogP contribution in [0.4, 0.5) is 0 Å². The summed E-state index contributed by atoms with van der Waals surface area (Å²) in [6, 6.07) is 7.62. The van der Waals surface area contributed by atoms with Gasteiger partial charge >= 0.3 is 5.97 Å². The topological polar surface area (TPSA) is 55.8 Å². The SMILES string of the molecule is COc1ccccc1[C@@]12CO[C@@H](C1)[C@@H]2C(=O)O. The molecule has 3 atom stereocenters. The Morgan fingerprint density at radius 2 is 2.29 bits per heavy atom. The van der Waals surface area contributed by atoms with Gasteiger partial charge in [-0.05, 0) is 12.5 Å². The first-order chi connectivity index (χ1) is 8.19. The molecule has 4 heteroatoms. The third kappa shape index (κ3) is 1.24. The van der Waals surface area contributed by atoms with Crippen molar-refractivity contribution in [2.45, 2.75) is 17.9 Å². The zero-order valence-corrected chi connectivity index (χ0v) is 9.55. The van der Waals surface area contributed by atoms with Crippen molar-refractivity contribution in [2.75, 3.05) is 13.7 Å². The minimum atomic E-state index is -0.773. The van der Waals surface area contributed by atoms with Crippen LogP contribution in [0.2, 0.25) is 0 Å². The van der Waals surface area contributed by atoms with Crippen molar-refractivity contribution in [3.8, 4) is 5.75 Å². The molecular weight excluding hydrogens is 220 g/mol. The molecule has 3 aliphatic rings. The normalized spacial score (nSPS) is 34.2. The maximum Gasteiger partial charge on any atom is 0.310 e. The van der Waals surface area contributed by atoms with Gasteiger partial charge in [-0.1, -0.05) is 18.2 Å². The first-order valence-electron chi connectivity index (χ1n) is 5.67. The molecule has 1 aromatic rings. The van der Waals surface area contributed by atoms with Crippen LogP contribution in [-0.4, -0.2) is 30.9 Å². The van der Waals surface area contributed by atoms with Crippen LogP contribution in [0, 0.1) is 5.92 Å². The molecule has 1 aromatic carbocycles. The molecule has 1 aliphatic carbocycles. The Balaban J connectivity index is 2.06. The highest BCUT2D eigenvalue weighted by Gasteiger charge is 2.65. The van der Waals surface area contributed by atoms with E-state index in [1.165, 1.54) is 0 Å². The van der Waals surface area contributed by atoms with E-state index in [1.807, 2.05) is 24.3 Å². The zero-order chi connectivity index (χ0) is 12.0. The van der Waals surface area contributed by atoms with E-state index in [1.54, 1.807) is 7.11 Å². The Morgan fingerprint density at radius 1 is 1.53 bits per heavy atom. The minimum absolute atomic E-state index is 0.127. The molecule has 0 amide bonds. The maximum absolute atomic E-state index is 11.3. The molecular formula is C13H14O4. The molecule has 2 heterocycles. The number of carbonyl (C=O) groups is 1. The van der Waals surface area contributed by atoms with E-state index in [0.29, 0.717) is 6.61 Å². The Morgan fingerprint density at radius 3 is 2.94 bits per heavy atom. The van der Waals surface area contributed by atoms with Crippen molar-refractivity contribution in [1.29, 1.82) is 0 Å². The predicted octanol–water partition coefficient (Wildman–Crippen LogP) is 1.44. The van der Waals surface area contributed by atoms with Gasteiger partial charge in [0.2, 0.25) is 0 Å². The molecule has 4 nitrogen and oxygen atoms in total. The van der Waals surface area contributed by atoms with Gasteiger partial charge in [-0.25, -0.2) is 0 Å². The van der Waals surface area contributed by atoms with E-state index in [9.17, 15) is 9.90 Å². The number of fused-ring (bicyclic) bond motifs is 1. The fourth-order valence-corrected chi connectivity index (χ4v) is 3.17. The van der Waals surface area contributed by atoms with Crippen LogP contribution < -0.4 is 4.74 Å². The highest BCUT2D eigenvalue weighted by Crippen LogP contribution is 2.58. The summed E-state index contributed by atoms with van der Waals surface area (Å²) < 4.78 is 10.8. The third-order valence-corrected chi connectivity index (χ3v) is 4.00. The van der Waals surface area contributed by atoms with Crippen LogP contribution in [0.5, 0.6) is 5.75 Å². The van der Waals surface area contributed by atoms with Crippen molar-refractivity contribution >= 4 is 5.97 Å². The van der Waals surface area contributed by atoms with Gasteiger partial charge in [0.05, 0.1) is 25.7 Å². The number of para-hydroxylation sites is 1. The number of ether oxygens (including phenoxy) is 2. The summed E-state index contributed by atoms with van der Waals surface area (Å²) in [7, 11) is 1.61. The maximum atomic E-state index is 11.3. The van der Waals surface area contributed by atoms with Crippen molar-refractivity contribution in [3.63, 3.8) is 0 Å².